The first-order valence-electron chi connectivity index (χ1n) is 8.52. The van der Waals surface area contributed by atoms with Gasteiger partial charge in [0.2, 0.25) is 5.69 Å². The highest BCUT2D eigenvalue weighted by Gasteiger charge is 2.28. The van der Waals surface area contributed by atoms with Crippen LogP contribution in [-0.4, -0.2) is 25.4 Å². The van der Waals surface area contributed by atoms with Gasteiger partial charge in [-0.05, 0) is 35.1 Å². The van der Waals surface area contributed by atoms with E-state index in [4.69, 9.17) is 10.6 Å². The fourth-order valence-electron chi connectivity index (χ4n) is 2.93. The van der Waals surface area contributed by atoms with Gasteiger partial charge in [-0.25, -0.2) is 0 Å². The van der Waals surface area contributed by atoms with Crippen molar-refractivity contribution in [2.45, 2.75) is 46.5 Å². The first-order valence-corrected chi connectivity index (χ1v) is 8.92. The monoisotopic (exact) mass is 342 g/mol. The molecule has 1 heterocycles. The molecule has 2 rings (SSSR count). The Hall–Kier alpha value is -0.950. The smallest absolute Gasteiger partial charge is 0.241 e. The lowest BCUT2D eigenvalue weighted by Crippen LogP contribution is -2.43. The fourth-order valence-corrected chi connectivity index (χ4v) is 3.08. The summed E-state index contributed by atoms with van der Waals surface area (Å²) in [7, 11) is 1.55. The number of anilines is 1. The van der Waals surface area contributed by atoms with Crippen molar-refractivity contribution in [1.29, 1.82) is 0 Å². The first-order chi connectivity index (χ1) is 11.0. The summed E-state index contributed by atoms with van der Waals surface area (Å²) in [5.74, 6) is 6.94. The van der Waals surface area contributed by atoms with Gasteiger partial charge in [-0.15, -0.1) is 5.84 Å². The van der Waals surface area contributed by atoms with Crippen molar-refractivity contribution >= 4 is 24.2 Å². The Morgan fingerprint density at radius 3 is 2.70 bits per heavy atom. The number of unbranched alkanes of at least 4 members (excludes halogenated alkanes) is 1. The Kier molecular flexibility index (Phi) is 8.19. The van der Waals surface area contributed by atoms with Crippen LogP contribution in [0.3, 0.4) is 0 Å². The van der Waals surface area contributed by atoms with E-state index >= 15 is 0 Å². The number of ether oxygens (including phenoxy) is 1. The fraction of sp³-hybridized carbons (Fsp3) is 0.647. The highest BCUT2D eigenvalue weighted by Crippen LogP contribution is 2.37. The van der Waals surface area contributed by atoms with E-state index in [0.717, 1.165) is 24.7 Å². The molecule has 23 heavy (non-hydrogen) atoms. The summed E-state index contributed by atoms with van der Waals surface area (Å²) in [4.78, 5) is 2.34. The van der Waals surface area contributed by atoms with E-state index in [2.05, 4.69) is 24.6 Å². The third kappa shape index (κ3) is 5.57. The number of methoxy groups -OCH3 is 1. The van der Waals surface area contributed by atoms with Crippen LogP contribution in [0.25, 0.3) is 0 Å². The first kappa shape index (κ1) is 20.1. The molecule has 2 unspecified atom stereocenters. The minimum absolute atomic E-state index is 0.440. The Morgan fingerprint density at radius 2 is 2.13 bits per heavy atom. The predicted molar refractivity (Wildman–Crippen MR) is 101 cm³/mol. The van der Waals surface area contributed by atoms with Gasteiger partial charge in [0.25, 0.3) is 0 Å². The van der Waals surface area contributed by atoms with Crippen LogP contribution in [0.1, 0.15) is 46.5 Å². The molecule has 132 valence electrons. The summed E-state index contributed by atoms with van der Waals surface area (Å²) in [6.45, 7) is 8.34. The van der Waals surface area contributed by atoms with Gasteiger partial charge in [-0.2, -0.15) is 5.21 Å². The molecule has 1 aliphatic rings. The zero-order chi connectivity index (χ0) is 17.5. The van der Waals surface area contributed by atoms with Crippen molar-refractivity contribution in [2.24, 2.45) is 11.8 Å². The van der Waals surface area contributed by atoms with Crippen LogP contribution in [0, 0.1) is 5.92 Å². The zero-order valence-electron chi connectivity index (χ0n) is 14.8. The second kappa shape index (κ2) is 9.37. The van der Waals surface area contributed by atoms with E-state index < -0.39 is 4.16 Å². The Morgan fingerprint density at radius 1 is 1.43 bits per heavy atom. The lowest BCUT2D eigenvalue weighted by atomic mass is 10.0. The number of thiol groups is 1. The molecule has 0 radical (unpaired) electrons. The Balaban J connectivity index is 0.00000127. The standard InChI is InChI=1S/C15H26N3O2S.C2H6/c1-3-4-5-12-8-9-17(11-12)13-6-7-15(20-2)14(10-13)18(16,19)21;1-2/h6-7,10,12,19,21H,3-5,8-9,11,16H2,1-2H3;1-2H3/q+1;. The summed E-state index contributed by atoms with van der Waals surface area (Å²) in [5.41, 5.74) is 1.50. The second-order valence-corrected chi connectivity index (χ2v) is 6.36. The molecule has 6 heteroatoms. The van der Waals surface area contributed by atoms with Crippen LogP contribution >= 0.6 is 12.8 Å². The van der Waals surface area contributed by atoms with E-state index in [-0.39, 0.29) is 0 Å². The summed E-state index contributed by atoms with van der Waals surface area (Å²) in [5, 5.41) is 9.92. The molecule has 1 fully saturated rings. The maximum absolute atomic E-state index is 9.92. The molecule has 3 N–H and O–H groups in total. The highest BCUT2D eigenvalue weighted by molar-refractivity contribution is 7.79. The van der Waals surface area contributed by atoms with Gasteiger partial charge in [-0.1, -0.05) is 33.6 Å². The van der Waals surface area contributed by atoms with Crippen molar-refractivity contribution in [1.82, 2.24) is 4.16 Å². The molecule has 1 saturated heterocycles. The van der Waals surface area contributed by atoms with Gasteiger partial charge in [0.05, 0.1) is 7.11 Å². The van der Waals surface area contributed by atoms with E-state index in [1.54, 1.807) is 7.11 Å². The van der Waals surface area contributed by atoms with Crippen LogP contribution < -0.4 is 19.6 Å². The van der Waals surface area contributed by atoms with E-state index in [1.807, 2.05) is 32.0 Å². The molecule has 1 aliphatic heterocycles. The molecule has 1 aromatic carbocycles. The van der Waals surface area contributed by atoms with Crippen LogP contribution in [0.15, 0.2) is 18.2 Å². The van der Waals surface area contributed by atoms with E-state index in [1.165, 1.54) is 25.7 Å². The van der Waals surface area contributed by atoms with Crippen molar-refractivity contribution in [3.05, 3.63) is 18.2 Å². The van der Waals surface area contributed by atoms with Crippen molar-refractivity contribution in [3.8, 4) is 5.75 Å². The average molecular weight is 343 g/mol. The van der Waals surface area contributed by atoms with Crippen LogP contribution in [0.5, 0.6) is 5.75 Å². The van der Waals surface area contributed by atoms with Gasteiger partial charge in [0.15, 0.2) is 5.75 Å². The number of nitrogens with two attached hydrogens (primary N) is 1. The van der Waals surface area contributed by atoms with Gasteiger partial charge in [0.1, 0.15) is 12.8 Å². The van der Waals surface area contributed by atoms with Gasteiger partial charge < -0.3 is 9.64 Å². The molecule has 5 nitrogen and oxygen atoms in total. The largest absolute Gasteiger partial charge is 0.491 e. The van der Waals surface area contributed by atoms with E-state index in [0.29, 0.717) is 11.4 Å². The van der Waals surface area contributed by atoms with Crippen molar-refractivity contribution in [2.75, 3.05) is 25.1 Å². The minimum atomic E-state index is -1.02. The lowest BCUT2D eigenvalue weighted by molar-refractivity contribution is 0.0244. The Labute approximate surface area is 146 Å². The lowest BCUT2D eigenvalue weighted by Gasteiger charge is -2.22. The second-order valence-electron chi connectivity index (χ2n) is 5.75. The number of benzene rings is 1. The highest BCUT2D eigenvalue weighted by atomic mass is 32.1. The van der Waals surface area contributed by atoms with Gasteiger partial charge >= 0.3 is 0 Å². The quantitative estimate of drug-likeness (QED) is 0.314. The van der Waals surface area contributed by atoms with Crippen LogP contribution in [0.4, 0.5) is 11.4 Å². The van der Waals surface area contributed by atoms with Gasteiger partial charge in [-0.3, -0.25) is 0 Å². The third-order valence-corrected chi connectivity index (χ3v) is 4.35. The van der Waals surface area contributed by atoms with Gasteiger partial charge in [0, 0.05) is 24.8 Å². The van der Waals surface area contributed by atoms with E-state index in [9.17, 15) is 5.21 Å². The minimum Gasteiger partial charge on any atom is -0.491 e. The van der Waals surface area contributed by atoms with Crippen molar-refractivity contribution in [3.63, 3.8) is 0 Å². The molecule has 0 spiro atoms. The summed E-state index contributed by atoms with van der Waals surface area (Å²) >= 11 is 3.99. The maximum atomic E-state index is 9.92. The summed E-state index contributed by atoms with van der Waals surface area (Å²) < 4.78 is 4.22. The zero-order valence-corrected chi connectivity index (χ0v) is 15.7. The molecule has 0 saturated carbocycles. The number of nitrogens with zero attached hydrogens (tertiary/aromatic N) is 2. The molecule has 0 bridgehead atoms. The number of hydrogen-bond donors (Lipinski definition) is 3. The molecular weight excluding hydrogens is 310 g/mol. The molecule has 2 atom stereocenters. The molecule has 0 aromatic heterocycles. The number of hydrogen-bond acceptors (Lipinski definition) is 5. The maximum Gasteiger partial charge on any atom is 0.241 e. The summed E-state index contributed by atoms with van der Waals surface area (Å²) in [6, 6.07) is 5.69. The SMILES string of the molecule is CC.CCCCC1CCN(c2ccc(OC)c([N+](N)(O)S)c2)C1. The van der Waals surface area contributed by atoms with Crippen LogP contribution in [-0.2, 0) is 0 Å². The predicted octanol–water partition coefficient (Wildman–Crippen LogP) is 4.15. The molecule has 0 amide bonds. The molecular formula is C17H32N3O2S+. The third-order valence-electron chi connectivity index (χ3n) is 4.13. The average Bonchev–Trinajstić information content (AvgIpc) is 3.02. The van der Waals surface area contributed by atoms with Crippen molar-refractivity contribution < 1.29 is 9.94 Å². The number of rotatable bonds is 6. The molecule has 0 aliphatic carbocycles. The Bertz CT molecular complexity index is 477. The topological polar surface area (TPSA) is 58.7 Å². The molecule has 1 aromatic rings. The summed E-state index contributed by atoms with van der Waals surface area (Å²) in [6.07, 6.45) is 5.06. The van der Waals surface area contributed by atoms with Crippen LogP contribution in [0.2, 0.25) is 0 Å². The number of quaternary nitrogens is 1. The normalized spacial score (nSPS) is 19.8.